The fourth-order valence-electron chi connectivity index (χ4n) is 6.70. The molecule has 3 rings (SSSR count). The van der Waals surface area contributed by atoms with Gasteiger partial charge < -0.3 is 24.4 Å². The molecule has 2 N–H and O–H groups in total. The largest absolute Gasteiger partial charge is 0.393 e. The maximum absolute atomic E-state index is 10.9. The van der Waals surface area contributed by atoms with E-state index in [2.05, 4.69) is 38.1 Å². The third-order valence-electron chi connectivity index (χ3n) is 8.67. The van der Waals surface area contributed by atoms with Gasteiger partial charge in [0.05, 0.1) is 31.0 Å². The number of benzene rings is 1. The molecule has 0 bridgehead atoms. The fourth-order valence-corrected chi connectivity index (χ4v) is 6.70. The molecule has 34 heavy (non-hydrogen) atoms. The lowest BCUT2D eigenvalue weighted by molar-refractivity contribution is -0.224. The Morgan fingerprint density at radius 1 is 1.12 bits per heavy atom. The van der Waals surface area contributed by atoms with Crippen LogP contribution >= 0.6 is 0 Å². The van der Waals surface area contributed by atoms with E-state index in [0.717, 1.165) is 6.42 Å². The fraction of sp³-hybridized carbons (Fsp3) is 0.793. The van der Waals surface area contributed by atoms with Crippen LogP contribution in [0.4, 0.5) is 0 Å². The second-order valence-corrected chi connectivity index (χ2v) is 12.0. The number of aliphatic hydroxyl groups is 2. The molecule has 1 aromatic carbocycles. The summed E-state index contributed by atoms with van der Waals surface area (Å²) in [6, 6.07) is 10.5. The second-order valence-electron chi connectivity index (χ2n) is 12.0. The molecule has 0 aromatic heterocycles. The van der Waals surface area contributed by atoms with Crippen LogP contribution in [0.1, 0.15) is 85.1 Å². The van der Waals surface area contributed by atoms with Gasteiger partial charge in [0, 0.05) is 13.5 Å². The predicted molar refractivity (Wildman–Crippen MR) is 135 cm³/mol. The lowest BCUT2D eigenvalue weighted by Gasteiger charge is -2.46. The first-order valence-corrected chi connectivity index (χ1v) is 13.2. The molecule has 0 amide bonds. The predicted octanol–water partition coefficient (Wildman–Crippen LogP) is 5.72. The minimum atomic E-state index is -1.10. The van der Waals surface area contributed by atoms with Crippen molar-refractivity contribution in [2.45, 2.75) is 110 Å². The highest BCUT2D eigenvalue weighted by molar-refractivity contribution is 5.13. The zero-order valence-corrected chi connectivity index (χ0v) is 22.3. The number of fused-ring (bicyclic) bond motifs is 1. The Kier molecular flexibility index (Phi) is 9.24. The Hall–Kier alpha value is -0.980. The van der Waals surface area contributed by atoms with Crippen LogP contribution in [0.3, 0.4) is 0 Å². The van der Waals surface area contributed by atoms with Gasteiger partial charge in [0.1, 0.15) is 0 Å². The molecular weight excluding hydrogens is 428 g/mol. The summed E-state index contributed by atoms with van der Waals surface area (Å²) in [6.45, 7) is 10.9. The second kappa shape index (κ2) is 11.4. The van der Waals surface area contributed by atoms with Crippen LogP contribution in [0.5, 0.6) is 0 Å². The molecule has 2 fully saturated rings. The molecule has 0 saturated heterocycles. The summed E-state index contributed by atoms with van der Waals surface area (Å²) in [5, 5.41) is 21.7. The van der Waals surface area contributed by atoms with Gasteiger partial charge in [0.25, 0.3) is 0 Å². The van der Waals surface area contributed by atoms with Crippen LogP contribution in [-0.2, 0) is 20.8 Å². The zero-order chi connectivity index (χ0) is 25.0. The molecule has 0 radical (unpaired) electrons. The summed E-state index contributed by atoms with van der Waals surface area (Å²) >= 11 is 0. The average molecular weight is 477 g/mol. The van der Waals surface area contributed by atoms with Gasteiger partial charge in [0.2, 0.25) is 0 Å². The molecular formula is C29H48O5. The quantitative estimate of drug-likeness (QED) is 0.378. The molecule has 2 aliphatic carbocycles. The normalized spacial score (nSPS) is 31.0. The molecule has 2 aliphatic rings. The third kappa shape index (κ3) is 7.04. The summed E-state index contributed by atoms with van der Waals surface area (Å²) in [4.78, 5) is 0. The first-order valence-electron chi connectivity index (χ1n) is 13.2. The number of aliphatic hydroxyl groups excluding tert-OH is 1. The van der Waals surface area contributed by atoms with E-state index in [4.69, 9.17) is 14.2 Å². The highest BCUT2D eigenvalue weighted by Crippen LogP contribution is 2.59. The van der Waals surface area contributed by atoms with Crippen molar-refractivity contribution < 1.29 is 24.4 Å². The van der Waals surface area contributed by atoms with Crippen LogP contribution in [0.25, 0.3) is 0 Å². The number of rotatable bonds is 12. The highest BCUT2D eigenvalue weighted by Gasteiger charge is 2.53. The van der Waals surface area contributed by atoms with Gasteiger partial charge in [0.15, 0.2) is 5.79 Å². The van der Waals surface area contributed by atoms with Gasteiger partial charge in [-0.2, -0.15) is 0 Å². The van der Waals surface area contributed by atoms with Crippen molar-refractivity contribution in [3.05, 3.63) is 35.9 Å². The number of methoxy groups -OCH3 is 1. The minimum Gasteiger partial charge on any atom is -0.393 e. The van der Waals surface area contributed by atoms with E-state index >= 15 is 0 Å². The lowest BCUT2D eigenvalue weighted by atomic mass is 9.61. The SMILES string of the molecule is COC(C)(C)OC[C@](C)(O)C[C@@H](O)C[C@@H](C)[C@H]1CC[C@H]2[C@@H](OCc3ccccc3)CCC[C@]12C. The van der Waals surface area contributed by atoms with Gasteiger partial charge >= 0.3 is 0 Å². The zero-order valence-electron chi connectivity index (χ0n) is 22.3. The summed E-state index contributed by atoms with van der Waals surface area (Å²) in [5.74, 6) is 0.798. The average Bonchev–Trinajstić information content (AvgIpc) is 3.14. The number of hydrogen-bond donors (Lipinski definition) is 2. The van der Waals surface area contributed by atoms with E-state index in [0.29, 0.717) is 43.3 Å². The highest BCUT2D eigenvalue weighted by atomic mass is 16.7. The van der Waals surface area contributed by atoms with Crippen molar-refractivity contribution in [1.82, 2.24) is 0 Å². The Morgan fingerprint density at radius 3 is 2.50 bits per heavy atom. The topological polar surface area (TPSA) is 68.2 Å². The van der Waals surface area contributed by atoms with Gasteiger partial charge in [-0.05, 0) is 81.6 Å². The van der Waals surface area contributed by atoms with Gasteiger partial charge in [-0.15, -0.1) is 0 Å². The van der Waals surface area contributed by atoms with Crippen LogP contribution in [0.15, 0.2) is 30.3 Å². The van der Waals surface area contributed by atoms with Gasteiger partial charge in [-0.3, -0.25) is 0 Å². The minimum absolute atomic E-state index is 0.128. The van der Waals surface area contributed by atoms with E-state index in [1.54, 1.807) is 14.0 Å². The molecule has 0 heterocycles. The Morgan fingerprint density at radius 2 is 1.82 bits per heavy atom. The summed E-state index contributed by atoms with van der Waals surface area (Å²) in [5.41, 5.74) is 0.399. The van der Waals surface area contributed by atoms with Gasteiger partial charge in [-0.1, -0.05) is 50.6 Å². The van der Waals surface area contributed by atoms with Crippen molar-refractivity contribution in [2.24, 2.45) is 23.2 Å². The van der Waals surface area contributed by atoms with Crippen molar-refractivity contribution in [1.29, 1.82) is 0 Å². The summed E-state index contributed by atoms with van der Waals surface area (Å²) in [6.07, 6.45) is 6.77. The van der Waals surface area contributed by atoms with E-state index in [9.17, 15) is 10.2 Å². The van der Waals surface area contributed by atoms with Gasteiger partial charge in [-0.25, -0.2) is 0 Å². The number of hydrogen-bond acceptors (Lipinski definition) is 5. The van der Waals surface area contributed by atoms with E-state index in [-0.39, 0.29) is 12.0 Å². The molecule has 7 atom stereocenters. The molecule has 0 unspecified atom stereocenters. The molecule has 5 nitrogen and oxygen atoms in total. The molecule has 2 saturated carbocycles. The van der Waals surface area contributed by atoms with Crippen LogP contribution in [-0.4, -0.2) is 47.5 Å². The van der Waals surface area contributed by atoms with Crippen molar-refractivity contribution >= 4 is 0 Å². The first kappa shape index (κ1) is 27.6. The maximum Gasteiger partial charge on any atom is 0.162 e. The Labute approximate surface area is 207 Å². The molecule has 1 aromatic rings. The summed E-state index contributed by atoms with van der Waals surface area (Å²) in [7, 11) is 1.59. The van der Waals surface area contributed by atoms with Crippen LogP contribution in [0.2, 0.25) is 0 Å². The monoisotopic (exact) mass is 476 g/mol. The smallest absolute Gasteiger partial charge is 0.162 e. The van der Waals surface area contributed by atoms with Crippen molar-refractivity contribution in [2.75, 3.05) is 13.7 Å². The molecule has 5 heteroatoms. The maximum atomic E-state index is 10.9. The first-order chi connectivity index (χ1) is 16.0. The van der Waals surface area contributed by atoms with E-state index in [1.807, 2.05) is 19.9 Å². The Balaban J connectivity index is 1.54. The Bertz CT molecular complexity index is 748. The molecule has 194 valence electrons. The summed E-state index contributed by atoms with van der Waals surface area (Å²) < 4.78 is 17.5. The standard InChI is InChI=1S/C29H48O5/c1-21(17-23(30)18-28(4,31)20-34-27(2,3)32-6)24-14-15-25-26(13-10-16-29(24,25)5)33-19-22-11-8-7-9-12-22/h7-9,11-12,21,23-26,30-31H,10,13-20H2,1-6H3/t21-,23+,24-,25+,26+,28-,29-/m1/s1. The molecule has 0 aliphatic heterocycles. The third-order valence-corrected chi connectivity index (χ3v) is 8.67. The molecule has 0 spiro atoms. The van der Waals surface area contributed by atoms with Crippen molar-refractivity contribution in [3.63, 3.8) is 0 Å². The van der Waals surface area contributed by atoms with Crippen LogP contribution < -0.4 is 0 Å². The number of ether oxygens (including phenoxy) is 3. The van der Waals surface area contributed by atoms with Crippen molar-refractivity contribution in [3.8, 4) is 0 Å². The van der Waals surface area contributed by atoms with E-state index in [1.165, 1.54) is 31.2 Å². The van der Waals surface area contributed by atoms with E-state index < -0.39 is 17.5 Å². The van der Waals surface area contributed by atoms with Crippen LogP contribution in [0, 0.1) is 23.2 Å². The lowest BCUT2D eigenvalue weighted by Crippen LogP contribution is -2.43.